The van der Waals surface area contributed by atoms with Crippen molar-refractivity contribution in [2.24, 2.45) is 22.6 Å². The Hall–Kier alpha value is -1.26. The number of primary amides is 1. The van der Waals surface area contributed by atoms with Crippen molar-refractivity contribution in [1.82, 2.24) is 10.2 Å². The molecule has 1 saturated heterocycles. The first kappa shape index (κ1) is 19.8. The minimum absolute atomic E-state index is 0.190. The molecule has 0 bridgehead atoms. The third-order valence-electron chi connectivity index (χ3n) is 4.69. The maximum atomic E-state index is 11.2. The van der Waals surface area contributed by atoms with Crippen LogP contribution < -0.4 is 11.1 Å². The number of amides is 1. The molecule has 2 atom stereocenters. The smallest absolute Gasteiger partial charge is 0.217 e. The van der Waals surface area contributed by atoms with Crippen LogP contribution in [-0.2, 0) is 4.79 Å². The van der Waals surface area contributed by atoms with Gasteiger partial charge < -0.3 is 16.0 Å². The van der Waals surface area contributed by atoms with E-state index in [-0.39, 0.29) is 5.91 Å². The number of rotatable bonds is 9. The highest BCUT2D eigenvalue weighted by molar-refractivity contribution is 5.80. The first-order valence-corrected chi connectivity index (χ1v) is 9.42. The van der Waals surface area contributed by atoms with E-state index >= 15 is 0 Å². The number of carbonyl (C=O) groups is 1. The SMILES string of the molecule is CCCCC(CC)CN=C(NCC)N1CCCC(CC(N)=O)C1. The van der Waals surface area contributed by atoms with Gasteiger partial charge in [-0.25, -0.2) is 0 Å². The van der Waals surface area contributed by atoms with Crippen LogP contribution >= 0.6 is 0 Å². The predicted octanol–water partition coefficient (Wildman–Crippen LogP) is 2.76. The minimum atomic E-state index is -0.190. The fourth-order valence-electron chi connectivity index (χ4n) is 3.27. The van der Waals surface area contributed by atoms with Crippen LogP contribution in [0.4, 0.5) is 0 Å². The van der Waals surface area contributed by atoms with Crippen molar-refractivity contribution in [3.63, 3.8) is 0 Å². The summed E-state index contributed by atoms with van der Waals surface area (Å²) in [5.41, 5.74) is 5.36. The molecule has 0 aromatic carbocycles. The number of nitrogens with one attached hydrogen (secondary N) is 1. The zero-order valence-electron chi connectivity index (χ0n) is 15.3. The van der Waals surface area contributed by atoms with Crippen LogP contribution in [0.25, 0.3) is 0 Å². The lowest BCUT2D eigenvalue weighted by Gasteiger charge is -2.35. The highest BCUT2D eigenvalue weighted by Gasteiger charge is 2.23. The average molecular weight is 325 g/mol. The van der Waals surface area contributed by atoms with E-state index in [1.165, 1.54) is 25.7 Å². The molecule has 0 aromatic heterocycles. The summed E-state index contributed by atoms with van der Waals surface area (Å²) in [7, 11) is 0. The summed E-state index contributed by atoms with van der Waals surface area (Å²) in [5, 5.41) is 3.42. The molecule has 0 radical (unpaired) electrons. The number of hydrogen-bond acceptors (Lipinski definition) is 2. The third-order valence-corrected chi connectivity index (χ3v) is 4.69. The van der Waals surface area contributed by atoms with Crippen LogP contribution in [0, 0.1) is 11.8 Å². The molecule has 0 aliphatic carbocycles. The van der Waals surface area contributed by atoms with Crippen molar-refractivity contribution >= 4 is 11.9 Å². The van der Waals surface area contributed by atoms with E-state index in [9.17, 15) is 4.79 Å². The second kappa shape index (κ2) is 11.3. The number of nitrogens with two attached hydrogens (primary N) is 1. The molecule has 134 valence electrons. The van der Waals surface area contributed by atoms with Gasteiger partial charge in [0.25, 0.3) is 0 Å². The molecule has 23 heavy (non-hydrogen) atoms. The van der Waals surface area contributed by atoms with Gasteiger partial charge >= 0.3 is 0 Å². The van der Waals surface area contributed by atoms with Crippen molar-refractivity contribution in [3.8, 4) is 0 Å². The number of piperidine rings is 1. The summed E-state index contributed by atoms with van der Waals surface area (Å²) in [6, 6.07) is 0. The molecule has 1 heterocycles. The monoisotopic (exact) mass is 324 g/mol. The highest BCUT2D eigenvalue weighted by Crippen LogP contribution is 2.20. The molecule has 1 amide bonds. The van der Waals surface area contributed by atoms with E-state index in [4.69, 9.17) is 10.7 Å². The van der Waals surface area contributed by atoms with Crippen molar-refractivity contribution in [2.75, 3.05) is 26.2 Å². The van der Waals surface area contributed by atoms with Crippen molar-refractivity contribution in [2.45, 2.75) is 65.7 Å². The molecule has 1 rings (SSSR count). The Morgan fingerprint density at radius 2 is 2.17 bits per heavy atom. The molecule has 1 fully saturated rings. The maximum absolute atomic E-state index is 11.2. The van der Waals surface area contributed by atoms with Crippen molar-refractivity contribution in [3.05, 3.63) is 0 Å². The van der Waals surface area contributed by atoms with E-state index < -0.39 is 0 Å². The summed E-state index contributed by atoms with van der Waals surface area (Å²) in [6.07, 6.45) is 7.68. The molecule has 0 aromatic rings. The van der Waals surface area contributed by atoms with Crippen LogP contribution in [-0.4, -0.2) is 42.9 Å². The van der Waals surface area contributed by atoms with Gasteiger partial charge in [-0.05, 0) is 38.0 Å². The molecular weight excluding hydrogens is 288 g/mol. The Labute approximate surface area is 142 Å². The Bertz CT molecular complexity index is 370. The largest absolute Gasteiger partial charge is 0.370 e. The van der Waals surface area contributed by atoms with E-state index in [0.29, 0.717) is 18.3 Å². The van der Waals surface area contributed by atoms with Crippen LogP contribution in [0.2, 0.25) is 0 Å². The molecule has 3 N–H and O–H groups in total. The number of hydrogen-bond donors (Lipinski definition) is 2. The number of unbranched alkanes of at least 4 members (excludes halogenated alkanes) is 1. The quantitative estimate of drug-likeness (QED) is 0.506. The van der Waals surface area contributed by atoms with E-state index in [1.807, 2.05) is 0 Å². The summed E-state index contributed by atoms with van der Waals surface area (Å²) >= 11 is 0. The van der Waals surface area contributed by atoms with Gasteiger partial charge in [0, 0.05) is 32.6 Å². The van der Waals surface area contributed by atoms with E-state index in [0.717, 1.165) is 45.0 Å². The standard InChI is InChI=1S/C18H36N4O/c1-4-7-9-15(5-2)13-21-18(20-6-3)22-11-8-10-16(14-22)12-17(19)23/h15-16H,4-14H2,1-3H3,(H2,19,23)(H,20,21). The third kappa shape index (κ3) is 7.71. The Morgan fingerprint density at radius 1 is 1.39 bits per heavy atom. The number of carbonyl (C=O) groups excluding carboxylic acids is 1. The summed E-state index contributed by atoms with van der Waals surface area (Å²) in [5.74, 6) is 1.86. The highest BCUT2D eigenvalue weighted by atomic mass is 16.1. The molecule has 5 heteroatoms. The number of guanidine groups is 1. The van der Waals surface area contributed by atoms with Crippen molar-refractivity contribution in [1.29, 1.82) is 0 Å². The second-order valence-electron chi connectivity index (χ2n) is 6.74. The van der Waals surface area contributed by atoms with Crippen LogP contribution in [0.1, 0.15) is 65.7 Å². The van der Waals surface area contributed by atoms with E-state index in [1.54, 1.807) is 0 Å². The van der Waals surface area contributed by atoms with E-state index in [2.05, 4.69) is 31.0 Å². The van der Waals surface area contributed by atoms with Crippen LogP contribution in [0.3, 0.4) is 0 Å². The first-order valence-electron chi connectivity index (χ1n) is 9.42. The zero-order chi connectivity index (χ0) is 17.1. The average Bonchev–Trinajstić information content (AvgIpc) is 2.53. The summed E-state index contributed by atoms with van der Waals surface area (Å²) < 4.78 is 0. The van der Waals surface area contributed by atoms with Crippen LogP contribution in [0.15, 0.2) is 4.99 Å². The van der Waals surface area contributed by atoms with Gasteiger partial charge in [0.15, 0.2) is 5.96 Å². The normalized spacial score (nSPS) is 20.4. The molecular formula is C18H36N4O. The lowest BCUT2D eigenvalue weighted by molar-refractivity contribution is -0.119. The fraction of sp³-hybridized carbons (Fsp3) is 0.889. The summed E-state index contributed by atoms with van der Waals surface area (Å²) in [4.78, 5) is 18.4. The number of aliphatic imine (C=N–C) groups is 1. The van der Waals surface area contributed by atoms with Gasteiger partial charge in [0.05, 0.1) is 0 Å². The second-order valence-corrected chi connectivity index (χ2v) is 6.74. The predicted molar refractivity (Wildman–Crippen MR) is 97.4 cm³/mol. The zero-order valence-corrected chi connectivity index (χ0v) is 15.3. The van der Waals surface area contributed by atoms with Gasteiger partial charge in [-0.3, -0.25) is 9.79 Å². The Kier molecular flexibility index (Phi) is 9.72. The Balaban J connectivity index is 2.63. The van der Waals surface area contributed by atoms with Gasteiger partial charge in [-0.1, -0.05) is 33.1 Å². The van der Waals surface area contributed by atoms with Gasteiger partial charge in [-0.15, -0.1) is 0 Å². The lowest BCUT2D eigenvalue weighted by atomic mass is 9.95. The first-order chi connectivity index (χ1) is 11.1. The minimum Gasteiger partial charge on any atom is -0.370 e. The maximum Gasteiger partial charge on any atom is 0.217 e. The fourth-order valence-corrected chi connectivity index (χ4v) is 3.27. The number of likely N-dealkylation sites (tertiary alicyclic amines) is 1. The molecule has 0 saturated carbocycles. The number of nitrogens with zero attached hydrogens (tertiary/aromatic N) is 2. The molecule has 5 nitrogen and oxygen atoms in total. The van der Waals surface area contributed by atoms with Crippen molar-refractivity contribution < 1.29 is 4.79 Å². The molecule has 2 unspecified atom stereocenters. The molecule has 1 aliphatic heterocycles. The summed E-state index contributed by atoms with van der Waals surface area (Å²) in [6.45, 7) is 10.3. The lowest BCUT2D eigenvalue weighted by Crippen LogP contribution is -2.47. The van der Waals surface area contributed by atoms with Gasteiger partial charge in [0.1, 0.15) is 0 Å². The Morgan fingerprint density at radius 3 is 2.78 bits per heavy atom. The molecule has 0 spiro atoms. The van der Waals surface area contributed by atoms with Gasteiger partial charge in [0.2, 0.25) is 5.91 Å². The topological polar surface area (TPSA) is 70.7 Å². The van der Waals surface area contributed by atoms with Gasteiger partial charge in [-0.2, -0.15) is 0 Å². The molecule has 1 aliphatic rings. The van der Waals surface area contributed by atoms with Crippen LogP contribution in [0.5, 0.6) is 0 Å².